The molecule has 0 heterocycles. The second-order valence-corrected chi connectivity index (χ2v) is 6.94. The van der Waals surface area contributed by atoms with E-state index in [0.717, 1.165) is 11.6 Å². The summed E-state index contributed by atoms with van der Waals surface area (Å²) in [6.45, 7) is 11.5. The van der Waals surface area contributed by atoms with Gasteiger partial charge in [-0.15, -0.1) is 6.58 Å². The van der Waals surface area contributed by atoms with Crippen LogP contribution in [0.1, 0.15) is 46.1 Å². The Morgan fingerprint density at radius 2 is 1.77 bits per heavy atom. The van der Waals surface area contributed by atoms with Gasteiger partial charge in [-0.2, -0.15) is 0 Å². The smallest absolute Gasteiger partial charge is 0.162 e. The van der Waals surface area contributed by atoms with E-state index in [1.54, 1.807) is 0 Å². The van der Waals surface area contributed by atoms with Crippen molar-refractivity contribution in [2.75, 3.05) is 0 Å². The van der Waals surface area contributed by atoms with Gasteiger partial charge in [0.25, 0.3) is 0 Å². The van der Waals surface area contributed by atoms with E-state index in [2.05, 4.69) is 6.58 Å². The molecule has 0 aliphatic heterocycles. The van der Waals surface area contributed by atoms with E-state index in [0.29, 0.717) is 18.4 Å². The number of ether oxygens (including phenoxy) is 1. The second kappa shape index (κ2) is 7.63. The average Bonchev–Trinajstić information content (AvgIpc) is 2.30. The minimum atomic E-state index is -0.656. The van der Waals surface area contributed by atoms with Crippen LogP contribution in [0.3, 0.4) is 0 Å². The minimum Gasteiger partial charge on any atom is -0.365 e. The molecule has 0 amide bonds. The predicted molar refractivity (Wildman–Crippen MR) is 83.4 cm³/mol. The van der Waals surface area contributed by atoms with Gasteiger partial charge < -0.3 is 4.74 Å². The normalized spacial score (nSPS) is 13.0. The van der Waals surface area contributed by atoms with Crippen molar-refractivity contribution in [2.24, 2.45) is 5.41 Å². The molecule has 1 unspecified atom stereocenters. The standard InChI is InChI=1S/C18H24F2O2/c1-12(2)6-17(16(21)10-18(3,4)5)22-11-13-7-14(19)9-15(20)8-13/h7-9,17H,1,6,10-11H2,2-5H3. The van der Waals surface area contributed by atoms with Crippen LogP contribution in [-0.4, -0.2) is 11.9 Å². The molecular formula is C18H24F2O2. The molecule has 0 fully saturated rings. The van der Waals surface area contributed by atoms with Gasteiger partial charge in [-0.25, -0.2) is 8.78 Å². The third kappa shape index (κ3) is 6.94. The fourth-order valence-corrected chi connectivity index (χ4v) is 2.11. The number of carbonyl (C=O) groups excluding carboxylic acids is 1. The van der Waals surface area contributed by atoms with E-state index < -0.39 is 17.7 Å². The first-order chi connectivity index (χ1) is 10.1. The SMILES string of the molecule is C=C(C)CC(OCc1cc(F)cc(F)c1)C(=O)CC(C)(C)C. The Kier molecular flexibility index (Phi) is 6.42. The Bertz CT molecular complexity index is 524. The van der Waals surface area contributed by atoms with Crippen LogP contribution in [-0.2, 0) is 16.1 Å². The Hall–Kier alpha value is -1.55. The van der Waals surface area contributed by atoms with Crippen LogP contribution in [0.2, 0.25) is 0 Å². The first kappa shape index (κ1) is 18.5. The van der Waals surface area contributed by atoms with Crippen molar-refractivity contribution in [3.05, 3.63) is 47.5 Å². The highest BCUT2D eigenvalue weighted by atomic mass is 19.1. The maximum Gasteiger partial charge on any atom is 0.162 e. The van der Waals surface area contributed by atoms with Gasteiger partial charge in [0.15, 0.2) is 5.78 Å². The third-order valence-corrected chi connectivity index (χ3v) is 2.97. The Labute approximate surface area is 131 Å². The van der Waals surface area contributed by atoms with Crippen LogP contribution in [0.15, 0.2) is 30.4 Å². The second-order valence-electron chi connectivity index (χ2n) is 6.94. The van der Waals surface area contributed by atoms with Gasteiger partial charge >= 0.3 is 0 Å². The lowest BCUT2D eigenvalue weighted by Gasteiger charge is -2.22. The quantitative estimate of drug-likeness (QED) is 0.675. The number of benzene rings is 1. The highest BCUT2D eigenvalue weighted by molar-refractivity contribution is 5.83. The number of halogens is 2. The molecule has 0 aliphatic carbocycles. The summed E-state index contributed by atoms with van der Waals surface area (Å²) in [6.07, 6.45) is 0.151. The highest BCUT2D eigenvalue weighted by Crippen LogP contribution is 2.23. The van der Waals surface area contributed by atoms with Crippen molar-refractivity contribution in [1.82, 2.24) is 0 Å². The summed E-state index contributed by atoms with van der Waals surface area (Å²) in [5.41, 5.74) is 1.06. The van der Waals surface area contributed by atoms with Crippen molar-refractivity contribution < 1.29 is 18.3 Å². The summed E-state index contributed by atoms with van der Waals surface area (Å²) in [5, 5.41) is 0. The van der Waals surface area contributed by atoms with E-state index in [4.69, 9.17) is 4.74 Å². The number of carbonyl (C=O) groups is 1. The molecule has 0 bridgehead atoms. The summed E-state index contributed by atoms with van der Waals surface area (Å²) >= 11 is 0. The van der Waals surface area contributed by atoms with E-state index in [1.165, 1.54) is 12.1 Å². The van der Waals surface area contributed by atoms with Gasteiger partial charge in [-0.3, -0.25) is 4.79 Å². The van der Waals surface area contributed by atoms with Crippen LogP contribution in [0, 0.1) is 17.0 Å². The fraction of sp³-hybridized carbons (Fsp3) is 0.500. The van der Waals surface area contributed by atoms with Gasteiger partial charge in [0, 0.05) is 18.9 Å². The van der Waals surface area contributed by atoms with Gasteiger partial charge in [0.1, 0.15) is 17.7 Å². The number of ketones is 1. The zero-order chi connectivity index (χ0) is 16.9. The molecule has 0 saturated heterocycles. The van der Waals surface area contributed by atoms with Crippen molar-refractivity contribution in [3.63, 3.8) is 0 Å². The predicted octanol–water partition coefficient (Wildman–Crippen LogP) is 4.82. The van der Waals surface area contributed by atoms with Crippen LogP contribution >= 0.6 is 0 Å². The molecule has 0 N–H and O–H groups in total. The molecule has 122 valence electrons. The minimum absolute atomic E-state index is 0.0114. The van der Waals surface area contributed by atoms with Crippen LogP contribution < -0.4 is 0 Å². The Balaban J connectivity index is 2.76. The molecule has 0 spiro atoms. The molecular weight excluding hydrogens is 286 g/mol. The van der Waals surface area contributed by atoms with Crippen molar-refractivity contribution in [3.8, 4) is 0 Å². The van der Waals surface area contributed by atoms with Crippen molar-refractivity contribution in [2.45, 2.75) is 53.2 Å². The van der Waals surface area contributed by atoms with Gasteiger partial charge in [0.05, 0.1) is 6.61 Å². The first-order valence-electron chi connectivity index (χ1n) is 7.30. The maximum atomic E-state index is 13.2. The van der Waals surface area contributed by atoms with E-state index in [-0.39, 0.29) is 17.8 Å². The number of Topliss-reactive ketones (excluding diaryl/α,β-unsaturated/α-hetero) is 1. The van der Waals surface area contributed by atoms with Gasteiger partial charge in [0.2, 0.25) is 0 Å². The molecule has 0 radical (unpaired) electrons. The number of rotatable bonds is 7. The van der Waals surface area contributed by atoms with E-state index in [1.807, 2.05) is 27.7 Å². The van der Waals surface area contributed by atoms with E-state index >= 15 is 0 Å². The highest BCUT2D eigenvalue weighted by Gasteiger charge is 2.24. The maximum absolute atomic E-state index is 13.2. The van der Waals surface area contributed by atoms with E-state index in [9.17, 15) is 13.6 Å². The largest absolute Gasteiger partial charge is 0.365 e. The molecule has 22 heavy (non-hydrogen) atoms. The topological polar surface area (TPSA) is 26.3 Å². The molecule has 1 rings (SSSR count). The van der Waals surface area contributed by atoms with Gasteiger partial charge in [-0.05, 0) is 30.0 Å². The zero-order valence-electron chi connectivity index (χ0n) is 13.7. The molecule has 1 aromatic rings. The monoisotopic (exact) mass is 310 g/mol. The molecule has 0 aromatic heterocycles. The molecule has 1 atom stereocenters. The molecule has 0 saturated carbocycles. The number of hydrogen-bond donors (Lipinski definition) is 0. The summed E-state index contributed by atoms with van der Waals surface area (Å²) in [5.74, 6) is -1.33. The van der Waals surface area contributed by atoms with Gasteiger partial charge in [-0.1, -0.05) is 26.3 Å². The zero-order valence-corrected chi connectivity index (χ0v) is 13.7. The summed E-state index contributed by atoms with van der Waals surface area (Å²) in [7, 11) is 0. The average molecular weight is 310 g/mol. The molecule has 2 nitrogen and oxygen atoms in total. The third-order valence-electron chi connectivity index (χ3n) is 2.97. The first-order valence-corrected chi connectivity index (χ1v) is 7.30. The lowest BCUT2D eigenvalue weighted by Crippen LogP contribution is -2.28. The molecule has 4 heteroatoms. The van der Waals surface area contributed by atoms with Crippen LogP contribution in [0.25, 0.3) is 0 Å². The van der Waals surface area contributed by atoms with Crippen molar-refractivity contribution >= 4 is 5.78 Å². The van der Waals surface area contributed by atoms with Crippen molar-refractivity contribution in [1.29, 1.82) is 0 Å². The summed E-state index contributed by atoms with van der Waals surface area (Å²) in [4.78, 5) is 12.3. The fourth-order valence-electron chi connectivity index (χ4n) is 2.11. The number of hydrogen-bond acceptors (Lipinski definition) is 2. The summed E-state index contributed by atoms with van der Waals surface area (Å²) in [6, 6.07) is 3.21. The van der Waals surface area contributed by atoms with Crippen LogP contribution in [0.4, 0.5) is 8.78 Å². The lowest BCUT2D eigenvalue weighted by atomic mass is 9.87. The summed E-state index contributed by atoms with van der Waals surface area (Å²) < 4.78 is 31.9. The lowest BCUT2D eigenvalue weighted by molar-refractivity contribution is -0.133. The molecule has 1 aromatic carbocycles. The Morgan fingerprint density at radius 1 is 1.23 bits per heavy atom. The Morgan fingerprint density at radius 3 is 2.23 bits per heavy atom. The molecule has 0 aliphatic rings. The van der Waals surface area contributed by atoms with Crippen LogP contribution in [0.5, 0.6) is 0 Å².